The second-order valence-corrected chi connectivity index (χ2v) is 17.9. The predicted octanol–water partition coefficient (Wildman–Crippen LogP) is 10.8. The third-order valence-corrected chi connectivity index (χ3v) is 11.0. The summed E-state index contributed by atoms with van der Waals surface area (Å²) in [6.07, 6.45) is 11.2. The van der Waals surface area contributed by atoms with Crippen molar-refractivity contribution in [1.29, 1.82) is 0 Å². The molecule has 2 saturated carbocycles. The van der Waals surface area contributed by atoms with Gasteiger partial charge in [0.1, 0.15) is 11.6 Å². The number of rotatable bonds is 7. The summed E-state index contributed by atoms with van der Waals surface area (Å²) in [7, 11) is 0. The Balaban J connectivity index is 0.000000621. The molecule has 4 aliphatic carbocycles. The Morgan fingerprint density at radius 2 is 0.967 bits per heavy atom. The molecule has 2 aromatic heterocycles. The summed E-state index contributed by atoms with van der Waals surface area (Å²) in [5.41, 5.74) is 10.6. The number of halogens is 4. The number of amides is 2. The van der Waals surface area contributed by atoms with Crippen LogP contribution < -0.4 is 10.6 Å². The first-order valence-corrected chi connectivity index (χ1v) is 21.5. The molecule has 2 fully saturated rings. The molecule has 0 radical (unpaired) electrons. The fraction of sp³-hybridized carbons (Fsp3) is 0.542. The highest BCUT2D eigenvalue weighted by Gasteiger charge is 2.38. The summed E-state index contributed by atoms with van der Waals surface area (Å²) in [6.45, 7) is 13.5. The smallest absolute Gasteiger partial charge is 0.248 e. The standard InChI is InChI=1S/C38H40F4N6O2.2C4H10.C2H2/c39-37(40)13-9-21(10-14-37)35(49)43-19-31-45-29-7-3-25-17-23(1-5-27(25)33(29)47-31)24-2-6-28-26(18-24)4-8-30-34(28)48-32(46-30)20-44-36(50)22-11-15-38(41,42)16-12-22;2*1-4(2)3;1-2/h1-2,5-6,17-18,21-22H,3-4,7-16,19-20H2,(H,43,49)(H,44,50)(H,45,47)(H,46,48);2*4H,1-3H3;1-2H. The lowest BCUT2D eigenvalue weighted by Gasteiger charge is -2.27. The highest BCUT2D eigenvalue weighted by Crippen LogP contribution is 2.40. The lowest BCUT2D eigenvalue weighted by Crippen LogP contribution is -2.35. The second-order valence-electron chi connectivity index (χ2n) is 17.9. The summed E-state index contributed by atoms with van der Waals surface area (Å²) in [5, 5.41) is 5.79. The van der Waals surface area contributed by atoms with Gasteiger partial charge in [0.2, 0.25) is 23.7 Å². The van der Waals surface area contributed by atoms with E-state index in [4.69, 9.17) is 9.97 Å². The van der Waals surface area contributed by atoms with Crippen LogP contribution in [0.5, 0.6) is 0 Å². The maximum atomic E-state index is 13.5. The average molecular weight is 831 g/mol. The Morgan fingerprint density at radius 3 is 1.30 bits per heavy atom. The molecule has 60 heavy (non-hydrogen) atoms. The van der Waals surface area contributed by atoms with Crippen LogP contribution in [0.1, 0.15) is 127 Å². The largest absolute Gasteiger partial charge is 0.349 e. The Hall–Kier alpha value is -4.92. The maximum Gasteiger partial charge on any atom is 0.248 e. The van der Waals surface area contributed by atoms with Crippen molar-refractivity contribution in [1.82, 2.24) is 30.6 Å². The number of carbonyl (C=O) groups is 2. The van der Waals surface area contributed by atoms with Crippen LogP contribution in [-0.4, -0.2) is 43.6 Å². The van der Waals surface area contributed by atoms with E-state index in [2.05, 4.69) is 111 Å². The van der Waals surface area contributed by atoms with Gasteiger partial charge in [0, 0.05) is 60.0 Å². The number of H-pyrrole nitrogens is 2. The first kappa shape index (κ1) is 46.2. The number of fused-ring (bicyclic) bond motifs is 6. The van der Waals surface area contributed by atoms with Gasteiger partial charge in [-0.25, -0.2) is 27.5 Å². The van der Waals surface area contributed by atoms with Crippen molar-refractivity contribution in [2.45, 2.75) is 144 Å². The van der Waals surface area contributed by atoms with E-state index in [1.54, 1.807) is 0 Å². The third-order valence-electron chi connectivity index (χ3n) is 11.0. The fourth-order valence-corrected chi connectivity index (χ4v) is 8.08. The van der Waals surface area contributed by atoms with Crippen molar-refractivity contribution in [3.8, 4) is 46.5 Å². The molecule has 324 valence electrons. The molecular weight excluding hydrogens is 769 g/mol. The first-order chi connectivity index (χ1) is 28.5. The topological polar surface area (TPSA) is 116 Å². The second kappa shape index (κ2) is 20.1. The molecule has 12 heteroatoms. The summed E-state index contributed by atoms with van der Waals surface area (Å²) in [4.78, 5) is 41.6. The quantitative estimate of drug-likeness (QED) is 0.110. The third kappa shape index (κ3) is 12.1. The normalized spacial score (nSPS) is 17.5. The van der Waals surface area contributed by atoms with Crippen LogP contribution in [-0.2, 0) is 48.4 Å². The Morgan fingerprint density at radius 1 is 0.633 bits per heavy atom. The number of hydrogen-bond acceptors (Lipinski definition) is 4. The van der Waals surface area contributed by atoms with Gasteiger partial charge in [-0.3, -0.25) is 9.59 Å². The van der Waals surface area contributed by atoms with Gasteiger partial charge in [0.15, 0.2) is 0 Å². The molecule has 8 rings (SSSR count). The highest BCUT2D eigenvalue weighted by atomic mass is 19.3. The number of carbonyl (C=O) groups excluding carboxylic acids is 2. The van der Waals surface area contributed by atoms with Gasteiger partial charge in [-0.05, 0) is 85.5 Å². The number of benzene rings is 2. The molecule has 2 amide bonds. The van der Waals surface area contributed by atoms with E-state index >= 15 is 0 Å². The zero-order valence-corrected chi connectivity index (χ0v) is 36.1. The summed E-state index contributed by atoms with van der Waals surface area (Å²) < 4.78 is 54.0. The molecule has 0 atom stereocenters. The zero-order valence-electron chi connectivity index (χ0n) is 36.1. The Labute approximate surface area is 352 Å². The van der Waals surface area contributed by atoms with Crippen LogP contribution in [0, 0.1) is 36.5 Å². The molecule has 4 N–H and O–H groups in total. The molecule has 0 aliphatic heterocycles. The van der Waals surface area contributed by atoms with Crippen LogP contribution >= 0.6 is 0 Å². The summed E-state index contributed by atoms with van der Waals surface area (Å²) in [5.74, 6) is -3.47. The Kier molecular flexibility index (Phi) is 15.5. The minimum atomic E-state index is -2.66. The minimum absolute atomic E-state index is 0.189. The van der Waals surface area contributed by atoms with Crippen LogP contribution in [0.25, 0.3) is 33.6 Å². The van der Waals surface area contributed by atoms with Crippen LogP contribution in [0.3, 0.4) is 0 Å². The summed E-state index contributed by atoms with van der Waals surface area (Å²) in [6, 6.07) is 12.9. The van der Waals surface area contributed by atoms with Gasteiger partial charge in [-0.2, -0.15) is 0 Å². The van der Waals surface area contributed by atoms with E-state index in [0.717, 1.165) is 82.5 Å². The van der Waals surface area contributed by atoms with Crippen molar-refractivity contribution in [2.75, 3.05) is 0 Å². The van der Waals surface area contributed by atoms with Gasteiger partial charge in [0.25, 0.3) is 0 Å². The maximum absolute atomic E-state index is 13.5. The predicted molar refractivity (Wildman–Crippen MR) is 230 cm³/mol. The SMILES string of the molecule is C#C.CC(C)C.CC(C)C.O=C(NCc1nc2c([nH]1)CCc1cc(-c3ccc4c(c3)CCc3[nH]c(CNC(=O)C5CCC(F)(F)CC5)nc3-4)ccc1-2)C1CCC(F)(F)CC1. The van der Waals surface area contributed by atoms with Gasteiger partial charge in [0.05, 0.1) is 24.5 Å². The van der Waals surface area contributed by atoms with Crippen molar-refractivity contribution in [3.05, 3.63) is 70.6 Å². The lowest BCUT2D eigenvalue weighted by molar-refractivity contribution is -0.130. The number of hydrogen-bond donors (Lipinski definition) is 4. The van der Waals surface area contributed by atoms with Gasteiger partial charge >= 0.3 is 0 Å². The van der Waals surface area contributed by atoms with Gasteiger partial charge < -0.3 is 20.6 Å². The van der Waals surface area contributed by atoms with Gasteiger partial charge in [-0.15, -0.1) is 12.8 Å². The minimum Gasteiger partial charge on any atom is -0.349 e. The summed E-state index contributed by atoms with van der Waals surface area (Å²) >= 11 is 0. The van der Waals surface area contributed by atoms with E-state index in [0.29, 0.717) is 11.6 Å². The number of nitrogens with one attached hydrogen (secondary N) is 4. The molecule has 0 bridgehead atoms. The van der Waals surface area contributed by atoms with Crippen molar-refractivity contribution in [3.63, 3.8) is 0 Å². The molecule has 2 heterocycles. The number of nitrogens with zero attached hydrogens (tertiary/aromatic N) is 2. The number of alkyl halides is 4. The molecule has 8 nitrogen and oxygen atoms in total. The van der Waals surface area contributed by atoms with Crippen LogP contribution in [0.4, 0.5) is 17.6 Å². The first-order valence-electron chi connectivity index (χ1n) is 21.5. The fourth-order valence-electron chi connectivity index (χ4n) is 8.08. The lowest BCUT2D eigenvalue weighted by atomic mass is 9.86. The molecular formula is C48H62F4N6O2. The van der Waals surface area contributed by atoms with E-state index in [1.807, 2.05) is 0 Å². The molecule has 4 aromatic rings. The average Bonchev–Trinajstić information content (AvgIpc) is 3.83. The van der Waals surface area contributed by atoms with Crippen LogP contribution in [0.2, 0.25) is 0 Å². The molecule has 0 unspecified atom stereocenters. The van der Waals surface area contributed by atoms with E-state index in [9.17, 15) is 27.2 Å². The number of aromatic amines is 2. The van der Waals surface area contributed by atoms with Crippen molar-refractivity contribution < 1.29 is 27.2 Å². The van der Waals surface area contributed by atoms with Crippen LogP contribution in [0.15, 0.2) is 36.4 Å². The molecule has 4 aliphatic rings. The highest BCUT2D eigenvalue weighted by molar-refractivity contribution is 5.80. The number of aromatic nitrogens is 4. The zero-order chi connectivity index (χ0) is 43.8. The molecule has 0 saturated heterocycles. The monoisotopic (exact) mass is 830 g/mol. The molecule has 0 spiro atoms. The van der Waals surface area contributed by atoms with Gasteiger partial charge in [-0.1, -0.05) is 77.9 Å². The van der Waals surface area contributed by atoms with E-state index in [-0.39, 0.29) is 88.1 Å². The number of aryl methyl sites for hydroxylation is 4. The Bertz CT molecular complexity index is 1940. The molecule has 2 aromatic carbocycles. The van der Waals surface area contributed by atoms with Crippen molar-refractivity contribution >= 4 is 11.8 Å². The number of imidazole rings is 2. The number of terminal acetylenes is 1. The van der Waals surface area contributed by atoms with E-state index in [1.165, 1.54) is 11.1 Å². The van der Waals surface area contributed by atoms with Crippen molar-refractivity contribution in [2.24, 2.45) is 23.7 Å². The van der Waals surface area contributed by atoms with E-state index < -0.39 is 11.8 Å².